The second-order valence-corrected chi connectivity index (χ2v) is 11.0. The molecule has 0 aromatic heterocycles. The third-order valence-electron chi connectivity index (χ3n) is 4.68. The molecule has 1 saturated carbocycles. The zero-order valence-electron chi connectivity index (χ0n) is 13.7. The number of nitrogens with zero attached hydrogens (tertiary/aromatic N) is 1. The monoisotopic (exact) mass is 473 g/mol. The Morgan fingerprint density at radius 3 is 2.70 bits per heavy atom. The summed E-state index contributed by atoms with van der Waals surface area (Å²) in [4.78, 5) is 4.78. The van der Waals surface area contributed by atoms with Gasteiger partial charge < -0.3 is 10.6 Å². The molecule has 2 aliphatic heterocycles. The van der Waals surface area contributed by atoms with Crippen molar-refractivity contribution in [2.24, 2.45) is 10.9 Å². The number of guanidine groups is 1. The summed E-state index contributed by atoms with van der Waals surface area (Å²) in [6.07, 6.45) is 5.73. The highest BCUT2D eigenvalue weighted by molar-refractivity contribution is 14.0. The van der Waals surface area contributed by atoms with E-state index in [4.69, 9.17) is 4.99 Å². The van der Waals surface area contributed by atoms with Gasteiger partial charge in [0.1, 0.15) is 0 Å². The lowest BCUT2D eigenvalue weighted by molar-refractivity contribution is 0.563. The lowest BCUT2D eigenvalue weighted by Gasteiger charge is -2.21. The number of thioether (sulfide) groups is 1. The third-order valence-corrected chi connectivity index (χ3v) is 8.04. The largest absolute Gasteiger partial charge is 0.356 e. The summed E-state index contributed by atoms with van der Waals surface area (Å²) in [5.74, 6) is 3.01. The lowest BCUT2D eigenvalue weighted by atomic mass is 10.1. The van der Waals surface area contributed by atoms with Crippen LogP contribution >= 0.6 is 35.7 Å². The molecular weight excluding hydrogens is 445 g/mol. The molecule has 2 heterocycles. The van der Waals surface area contributed by atoms with Crippen molar-refractivity contribution >= 4 is 51.5 Å². The second-order valence-electron chi connectivity index (χ2n) is 7.14. The number of sulfone groups is 1. The van der Waals surface area contributed by atoms with Crippen LogP contribution in [-0.2, 0) is 9.84 Å². The summed E-state index contributed by atoms with van der Waals surface area (Å²) in [5.41, 5.74) is 0. The molecule has 8 heteroatoms. The number of hydrogen-bond donors (Lipinski definition) is 2. The molecule has 0 amide bonds. The first-order chi connectivity index (χ1) is 10.4. The maximum Gasteiger partial charge on any atom is 0.191 e. The van der Waals surface area contributed by atoms with E-state index >= 15 is 0 Å². The van der Waals surface area contributed by atoms with Gasteiger partial charge in [-0.2, -0.15) is 11.8 Å². The Labute approximate surface area is 161 Å². The van der Waals surface area contributed by atoms with Crippen molar-refractivity contribution in [3.63, 3.8) is 0 Å². The molecule has 134 valence electrons. The van der Waals surface area contributed by atoms with Crippen molar-refractivity contribution in [1.82, 2.24) is 10.6 Å². The first-order valence-corrected chi connectivity index (χ1v) is 11.1. The van der Waals surface area contributed by atoms with Crippen LogP contribution in [0.25, 0.3) is 0 Å². The van der Waals surface area contributed by atoms with Crippen LogP contribution < -0.4 is 10.6 Å². The van der Waals surface area contributed by atoms with E-state index in [9.17, 15) is 8.42 Å². The molecule has 2 N–H and O–H groups in total. The van der Waals surface area contributed by atoms with E-state index in [1.165, 1.54) is 31.4 Å². The summed E-state index contributed by atoms with van der Waals surface area (Å²) in [6, 6.07) is 0.558. The molecule has 2 atom stereocenters. The SMILES string of the molecule is CC1(CN=C(NCC2CCS(=O)(=O)C2)NC2CC2)CCCS1.I. The fourth-order valence-electron chi connectivity index (χ4n) is 3.06. The van der Waals surface area contributed by atoms with Gasteiger partial charge in [0.2, 0.25) is 0 Å². The topological polar surface area (TPSA) is 70.6 Å². The van der Waals surface area contributed by atoms with Crippen LogP contribution in [0.2, 0.25) is 0 Å². The Bertz CT molecular complexity index is 529. The summed E-state index contributed by atoms with van der Waals surface area (Å²) < 4.78 is 23.4. The van der Waals surface area contributed by atoms with E-state index < -0.39 is 9.84 Å². The van der Waals surface area contributed by atoms with Gasteiger partial charge in [-0.25, -0.2) is 8.42 Å². The summed E-state index contributed by atoms with van der Waals surface area (Å²) in [6.45, 7) is 3.84. The second kappa shape index (κ2) is 8.12. The molecule has 3 rings (SSSR count). The van der Waals surface area contributed by atoms with Crippen molar-refractivity contribution < 1.29 is 8.42 Å². The van der Waals surface area contributed by atoms with Gasteiger partial charge in [0, 0.05) is 17.3 Å². The van der Waals surface area contributed by atoms with Crippen LogP contribution in [0.3, 0.4) is 0 Å². The minimum absolute atomic E-state index is 0. The smallest absolute Gasteiger partial charge is 0.191 e. The van der Waals surface area contributed by atoms with Crippen LogP contribution in [0.1, 0.15) is 39.0 Å². The van der Waals surface area contributed by atoms with E-state index in [2.05, 4.69) is 17.6 Å². The Morgan fingerprint density at radius 2 is 2.13 bits per heavy atom. The van der Waals surface area contributed by atoms with Gasteiger partial charge in [-0.3, -0.25) is 4.99 Å². The van der Waals surface area contributed by atoms with Gasteiger partial charge in [-0.1, -0.05) is 0 Å². The Kier molecular flexibility index (Phi) is 6.93. The number of nitrogens with one attached hydrogen (secondary N) is 2. The van der Waals surface area contributed by atoms with E-state index in [-0.39, 0.29) is 34.6 Å². The molecular formula is C15H28IN3O2S2. The Morgan fingerprint density at radius 1 is 1.35 bits per heavy atom. The first-order valence-electron chi connectivity index (χ1n) is 8.33. The highest BCUT2D eigenvalue weighted by Crippen LogP contribution is 2.37. The first kappa shape index (κ1) is 19.6. The van der Waals surface area contributed by atoms with Gasteiger partial charge in [-0.05, 0) is 50.7 Å². The van der Waals surface area contributed by atoms with Crippen molar-refractivity contribution in [2.45, 2.75) is 49.8 Å². The van der Waals surface area contributed by atoms with Crippen molar-refractivity contribution in [3.8, 4) is 0 Å². The van der Waals surface area contributed by atoms with Crippen molar-refractivity contribution in [1.29, 1.82) is 0 Å². The van der Waals surface area contributed by atoms with E-state index in [0.29, 0.717) is 24.1 Å². The van der Waals surface area contributed by atoms with Gasteiger partial charge >= 0.3 is 0 Å². The molecule has 0 aromatic carbocycles. The molecule has 3 aliphatic rings. The Balaban J connectivity index is 0.00000192. The van der Waals surface area contributed by atoms with E-state index in [0.717, 1.165) is 18.9 Å². The molecule has 2 saturated heterocycles. The molecule has 1 aliphatic carbocycles. The number of aliphatic imine (C=N–C) groups is 1. The molecule has 2 unspecified atom stereocenters. The summed E-state index contributed by atoms with van der Waals surface area (Å²) >= 11 is 2.02. The average molecular weight is 473 g/mol. The molecule has 0 spiro atoms. The highest BCUT2D eigenvalue weighted by Gasteiger charge is 2.31. The molecule has 0 aromatic rings. The van der Waals surface area contributed by atoms with Gasteiger partial charge in [-0.15, -0.1) is 24.0 Å². The van der Waals surface area contributed by atoms with Crippen LogP contribution in [-0.4, -0.2) is 55.5 Å². The molecule has 0 radical (unpaired) electrons. The normalized spacial score (nSPS) is 33.3. The van der Waals surface area contributed by atoms with Crippen LogP contribution in [0.4, 0.5) is 0 Å². The van der Waals surface area contributed by atoms with E-state index in [1.807, 2.05) is 11.8 Å². The zero-order chi connectivity index (χ0) is 15.6. The van der Waals surface area contributed by atoms with Gasteiger partial charge in [0.05, 0.1) is 18.1 Å². The number of rotatable bonds is 5. The maximum absolute atomic E-state index is 11.5. The van der Waals surface area contributed by atoms with Gasteiger partial charge in [0.15, 0.2) is 15.8 Å². The molecule has 0 bridgehead atoms. The van der Waals surface area contributed by atoms with Gasteiger partial charge in [0.25, 0.3) is 0 Å². The van der Waals surface area contributed by atoms with Crippen LogP contribution in [0.5, 0.6) is 0 Å². The van der Waals surface area contributed by atoms with Crippen molar-refractivity contribution in [3.05, 3.63) is 0 Å². The predicted molar refractivity (Wildman–Crippen MR) is 109 cm³/mol. The number of halogens is 1. The van der Waals surface area contributed by atoms with Crippen LogP contribution in [0, 0.1) is 5.92 Å². The summed E-state index contributed by atoms with van der Waals surface area (Å²) in [7, 11) is -2.79. The maximum atomic E-state index is 11.5. The van der Waals surface area contributed by atoms with Crippen molar-refractivity contribution in [2.75, 3.05) is 30.3 Å². The Hall–Kier alpha value is 0.300. The molecule has 23 heavy (non-hydrogen) atoms. The standard InChI is InChI=1S/C15H27N3O2S2.HI/c1-15(6-2-7-21-15)11-17-14(18-13-3-4-13)16-9-12-5-8-22(19,20)10-12;/h12-13H,2-11H2,1H3,(H2,16,17,18);1H. The van der Waals surface area contributed by atoms with Crippen LogP contribution in [0.15, 0.2) is 4.99 Å². The highest BCUT2D eigenvalue weighted by atomic mass is 127. The fourth-order valence-corrected chi connectivity index (χ4v) is 6.14. The minimum atomic E-state index is -2.79. The predicted octanol–water partition coefficient (Wildman–Crippen LogP) is 2.02. The average Bonchev–Trinajstić information content (AvgIpc) is 3.07. The lowest BCUT2D eigenvalue weighted by Crippen LogP contribution is -2.42. The minimum Gasteiger partial charge on any atom is -0.356 e. The fraction of sp³-hybridized carbons (Fsp3) is 0.933. The zero-order valence-corrected chi connectivity index (χ0v) is 17.7. The summed E-state index contributed by atoms with van der Waals surface area (Å²) in [5, 5.41) is 6.83. The number of hydrogen-bond acceptors (Lipinski definition) is 4. The molecule has 5 nitrogen and oxygen atoms in total. The van der Waals surface area contributed by atoms with E-state index in [1.54, 1.807) is 0 Å². The third kappa shape index (κ3) is 6.26. The molecule has 3 fully saturated rings. The quantitative estimate of drug-likeness (QED) is 0.363.